The van der Waals surface area contributed by atoms with Crippen LogP contribution in [0.4, 0.5) is 5.69 Å². The van der Waals surface area contributed by atoms with Crippen LogP contribution in [0, 0.1) is 0 Å². The normalized spacial score (nSPS) is 15.2. The second-order valence-electron chi connectivity index (χ2n) is 6.23. The van der Waals surface area contributed by atoms with Gasteiger partial charge in [0.2, 0.25) is 0 Å². The predicted molar refractivity (Wildman–Crippen MR) is 101 cm³/mol. The summed E-state index contributed by atoms with van der Waals surface area (Å²) in [5.41, 5.74) is 3.53. The van der Waals surface area contributed by atoms with Crippen molar-refractivity contribution in [1.82, 2.24) is 14.3 Å². The zero-order valence-corrected chi connectivity index (χ0v) is 15.2. The zero-order chi connectivity index (χ0) is 17.4. The van der Waals surface area contributed by atoms with E-state index in [2.05, 4.69) is 23.0 Å². The molecule has 0 radical (unpaired) electrons. The number of amides is 1. The Morgan fingerprint density at radius 2 is 1.92 bits per heavy atom. The molecule has 0 N–H and O–H groups in total. The molecular formula is C19H20N4OS. The van der Waals surface area contributed by atoms with Crippen molar-refractivity contribution in [2.75, 3.05) is 31.3 Å². The highest BCUT2D eigenvalue weighted by Crippen LogP contribution is 2.28. The predicted octanol–water partition coefficient (Wildman–Crippen LogP) is 3.15. The molecule has 5 nitrogen and oxygen atoms in total. The Labute approximate surface area is 151 Å². The van der Waals surface area contributed by atoms with Crippen molar-refractivity contribution in [3.05, 3.63) is 59.9 Å². The number of thioether (sulfide) groups is 1. The van der Waals surface area contributed by atoms with Crippen molar-refractivity contribution < 1.29 is 4.79 Å². The van der Waals surface area contributed by atoms with E-state index in [0.29, 0.717) is 12.2 Å². The summed E-state index contributed by atoms with van der Waals surface area (Å²) in [5, 5.41) is 0.833. The SMILES string of the molecule is CSc1nc(C(=O)N2CCN(C)Cc3ccccc32)c2ccccn12. The fraction of sp³-hybridized carbons (Fsp3) is 0.263. The van der Waals surface area contributed by atoms with E-state index < -0.39 is 0 Å². The van der Waals surface area contributed by atoms with Crippen LogP contribution < -0.4 is 4.90 Å². The van der Waals surface area contributed by atoms with Crippen LogP contribution in [0.15, 0.2) is 53.8 Å². The summed E-state index contributed by atoms with van der Waals surface area (Å²) < 4.78 is 1.98. The van der Waals surface area contributed by atoms with Gasteiger partial charge in [0.1, 0.15) is 0 Å². The molecule has 1 aliphatic heterocycles. The van der Waals surface area contributed by atoms with E-state index in [-0.39, 0.29) is 5.91 Å². The second-order valence-corrected chi connectivity index (χ2v) is 7.00. The number of aromatic nitrogens is 2. The Balaban J connectivity index is 1.82. The van der Waals surface area contributed by atoms with Gasteiger partial charge in [0.15, 0.2) is 10.9 Å². The molecule has 0 unspecified atom stereocenters. The number of nitrogens with zero attached hydrogens (tertiary/aromatic N) is 4. The number of imidazole rings is 1. The van der Waals surface area contributed by atoms with Crippen molar-refractivity contribution in [1.29, 1.82) is 0 Å². The summed E-state index contributed by atoms with van der Waals surface area (Å²) in [5.74, 6) is -0.0354. The Bertz CT molecular complexity index is 936. The van der Waals surface area contributed by atoms with Crippen LogP contribution in [0.5, 0.6) is 0 Å². The lowest BCUT2D eigenvalue weighted by Gasteiger charge is -2.21. The number of carbonyl (C=O) groups excluding carboxylic acids is 1. The molecule has 3 aromatic rings. The lowest BCUT2D eigenvalue weighted by atomic mass is 10.1. The van der Waals surface area contributed by atoms with Crippen molar-refractivity contribution in [2.24, 2.45) is 0 Å². The van der Waals surface area contributed by atoms with Gasteiger partial charge in [-0.25, -0.2) is 4.98 Å². The zero-order valence-electron chi connectivity index (χ0n) is 14.3. The quantitative estimate of drug-likeness (QED) is 0.665. The molecule has 0 fully saturated rings. The highest BCUT2D eigenvalue weighted by molar-refractivity contribution is 7.98. The van der Waals surface area contributed by atoms with Gasteiger partial charge in [-0.1, -0.05) is 36.0 Å². The van der Waals surface area contributed by atoms with Crippen LogP contribution >= 0.6 is 11.8 Å². The molecule has 6 heteroatoms. The molecule has 1 amide bonds. The van der Waals surface area contributed by atoms with Gasteiger partial charge in [0, 0.05) is 31.5 Å². The highest BCUT2D eigenvalue weighted by Gasteiger charge is 2.27. The minimum absolute atomic E-state index is 0.0354. The van der Waals surface area contributed by atoms with E-state index in [9.17, 15) is 4.79 Å². The summed E-state index contributed by atoms with van der Waals surface area (Å²) in [6.07, 6.45) is 3.93. The molecule has 0 saturated carbocycles. The first-order valence-corrected chi connectivity index (χ1v) is 9.51. The molecular weight excluding hydrogens is 332 g/mol. The highest BCUT2D eigenvalue weighted by atomic mass is 32.2. The van der Waals surface area contributed by atoms with Gasteiger partial charge in [0.25, 0.3) is 5.91 Å². The molecule has 0 saturated heterocycles. The Kier molecular flexibility index (Phi) is 4.23. The molecule has 128 valence electrons. The summed E-state index contributed by atoms with van der Waals surface area (Å²) in [7, 11) is 2.09. The van der Waals surface area contributed by atoms with Crippen LogP contribution in [0.1, 0.15) is 16.1 Å². The van der Waals surface area contributed by atoms with Gasteiger partial charge in [-0.3, -0.25) is 9.20 Å². The summed E-state index contributed by atoms with van der Waals surface area (Å²) in [4.78, 5) is 22.1. The van der Waals surface area contributed by atoms with E-state index in [0.717, 1.165) is 29.5 Å². The van der Waals surface area contributed by atoms with Crippen LogP contribution in [-0.2, 0) is 6.54 Å². The number of hydrogen-bond donors (Lipinski definition) is 0. The van der Waals surface area contributed by atoms with Crippen LogP contribution in [0.2, 0.25) is 0 Å². The molecule has 1 aromatic carbocycles. The first-order chi connectivity index (χ1) is 12.2. The lowest BCUT2D eigenvalue weighted by molar-refractivity contribution is 0.0983. The van der Waals surface area contributed by atoms with Gasteiger partial charge < -0.3 is 9.80 Å². The van der Waals surface area contributed by atoms with Gasteiger partial charge in [-0.2, -0.15) is 0 Å². The fourth-order valence-corrected chi connectivity index (χ4v) is 3.86. The molecule has 0 spiro atoms. The first kappa shape index (κ1) is 16.2. The summed E-state index contributed by atoms with van der Waals surface area (Å²) in [6, 6.07) is 14.0. The Morgan fingerprint density at radius 3 is 2.76 bits per heavy atom. The minimum atomic E-state index is -0.0354. The topological polar surface area (TPSA) is 40.9 Å². The number of pyridine rings is 1. The molecule has 1 aliphatic rings. The number of hydrogen-bond acceptors (Lipinski definition) is 4. The largest absolute Gasteiger partial charge is 0.305 e. The number of para-hydroxylation sites is 1. The molecule has 0 aliphatic carbocycles. The molecule has 4 rings (SSSR count). The van der Waals surface area contributed by atoms with Gasteiger partial charge >= 0.3 is 0 Å². The molecule has 0 atom stereocenters. The van der Waals surface area contributed by atoms with Gasteiger partial charge in [0.05, 0.1) is 5.52 Å². The number of fused-ring (bicyclic) bond motifs is 2. The number of carbonyl (C=O) groups is 1. The fourth-order valence-electron chi connectivity index (χ4n) is 3.32. The molecule has 0 bridgehead atoms. The van der Waals surface area contributed by atoms with E-state index >= 15 is 0 Å². The standard InChI is InChI=1S/C19H20N4OS/c1-21-11-12-22(15-8-4-3-7-14(15)13-21)18(24)17-16-9-5-6-10-23(16)19(20-17)25-2/h3-10H,11-13H2,1-2H3. The number of likely N-dealkylation sites (N-methyl/N-ethyl adjacent to an activating group) is 1. The number of rotatable bonds is 2. The Morgan fingerprint density at radius 1 is 1.12 bits per heavy atom. The third-order valence-electron chi connectivity index (χ3n) is 4.57. The average Bonchev–Trinajstić information content (AvgIpc) is 2.92. The smallest absolute Gasteiger partial charge is 0.279 e. The maximum absolute atomic E-state index is 13.4. The van der Waals surface area contributed by atoms with Crippen LogP contribution in [0.25, 0.3) is 5.52 Å². The van der Waals surface area contributed by atoms with E-state index in [1.807, 2.05) is 58.2 Å². The maximum atomic E-state index is 13.4. The van der Waals surface area contributed by atoms with E-state index in [1.54, 1.807) is 11.8 Å². The molecule has 3 heterocycles. The molecule has 25 heavy (non-hydrogen) atoms. The van der Waals surface area contributed by atoms with Crippen LogP contribution in [0.3, 0.4) is 0 Å². The number of benzene rings is 1. The third-order valence-corrected chi connectivity index (χ3v) is 5.23. The maximum Gasteiger partial charge on any atom is 0.279 e. The second kappa shape index (κ2) is 6.54. The van der Waals surface area contributed by atoms with Crippen molar-refractivity contribution in [3.63, 3.8) is 0 Å². The van der Waals surface area contributed by atoms with Crippen LogP contribution in [-0.4, -0.2) is 46.6 Å². The van der Waals surface area contributed by atoms with Gasteiger partial charge in [-0.05, 0) is 37.1 Å². The van der Waals surface area contributed by atoms with Crippen molar-refractivity contribution >= 4 is 28.9 Å². The van der Waals surface area contributed by atoms with Gasteiger partial charge in [-0.15, -0.1) is 0 Å². The minimum Gasteiger partial charge on any atom is -0.305 e. The average molecular weight is 352 g/mol. The lowest BCUT2D eigenvalue weighted by Crippen LogP contribution is -2.35. The first-order valence-electron chi connectivity index (χ1n) is 8.28. The number of anilines is 1. The molecule has 2 aromatic heterocycles. The summed E-state index contributed by atoms with van der Waals surface area (Å²) in [6.45, 7) is 2.34. The summed E-state index contributed by atoms with van der Waals surface area (Å²) >= 11 is 1.55. The van der Waals surface area contributed by atoms with Crippen molar-refractivity contribution in [2.45, 2.75) is 11.7 Å². The van der Waals surface area contributed by atoms with E-state index in [1.165, 1.54) is 5.56 Å². The monoisotopic (exact) mass is 352 g/mol. The third kappa shape index (κ3) is 2.81. The van der Waals surface area contributed by atoms with Crippen molar-refractivity contribution in [3.8, 4) is 0 Å². The Hall–Kier alpha value is -2.31. The van der Waals surface area contributed by atoms with E-state index in [4.69, 9.17) is 0 Å².